The van der Waals surface area contributed by atoms with Crippen LogP contribution >= 0.6 is 0 Å². The zero-order valence-electron chi connectivity index (χ0n) is 14.9. The van der Waals surface area contributed by atoms with E-state index in [1.165, 1.54) is 10.5 Å². The number of carbonyl (C=O) groups excluding carboxylic acids is 1. The average molecular weight is 352 g/mol. The predicted molar refractivity (Wildman–Crippen MR) is 97.3 cm³/mol. The van der Waals surface area contributed by atoms with Crippen molar-refractivity contribution in [2.45, 2.75) is 33.5 Å². The summed E-state index contributed by atoms with van der Waals surface area (Å²) in [4.78, 5) is 28.7. The lowest BCUT2D eigenvalue weighted by atomic mass is 10.2. The van der Waals surface area contributed by atoms with E-state index in [1.54, 1.807) is 25.3 Å². The van der Waals surface area contributed by atoms with Gasteiger partial charge in [-0.15, -0.1) is 0 Å². The van der Waals surface area contributed by atoms with E-state index in [1.807, 2.05) is 38.1 Å². The van der Waals surface area contributed by atoms with Gasteiger partial charge in [-0.3, -0.25) is 9.20 Å². The Kier molecular flexibility index (Phi) is 5.02. The van der Waals surface area contributed by atoms with Crippen molar-refractivity contribution >= 4 is 11.6 Å². The van der Waals surface area contributed by atoms with Gasteiger partial charge >= 0.3 is 5.97 Å². The smallest absolute Gasteiger partial charge is 0.347 e. The Morgan fingerprint density at radius 3 is 2.73 bits per heavy atom. The summed E-state index contributed by atoms with van der Waals surface area (Å²) in [5, 5.41) is 0. The summed E-state index contributed by atoms with van der Waals surface area (Å²) < 4.78 is 12.3. The summed E-state index contributed by atoms with van der Waals surface area (Å²) in [6.45, 7) is 5.38. The van der Waals surface area contributed by atoms with Crippen LogP contribution in [0.15, 0.2) is 53.5 Å². The summed E-state index contributed by atoms with van der Waals surface area (Å²) in [5.74, 6) is 0.0873. The molecule has 0 radical (unpaired) electrons. The number of aromatic nitrogens is 2. The van der Waals surface area contributed by atoms with Crippen molar-refractivity contribution in [1.29, 1.82) is 0 Å². The molecule has 0 saturated carbocycles. The average Bonchev–Trinajstić information content (AvgIpc) is 2.60. The number of ether oxygens (including phenoxy) is 2. The molecule has 0 saturated heterocycles. The van der Waals surface area contributed by atoms with E-state index in [4.69, 9.17) is 9.47 Å². The molecule has 3 rings (SSSR count). The van der Waals surface area contributed by atoms with Crippen LogP contribution in [0.1, 0.15) is 23.7 Å². The van der Waals surface area contributed by atoms with Crippen LogP contribution in [0.3, 0.4) is 0 Å². The minimum Gasteiger partial charge on any atom is -0.479 e. The molecule has 0 aliphatic rings. The van der Waals surface area contributed by atoms with E-state index in [0.29, 0.717) is 17.1 Å². The number of carbonyl (C=O) groups is 1. The second kappa shape index (κ2) is 7.39. The fourth-order valence-corrected chi connectivity index (χ4v) is 2.54. The minimum absolute atomic E-state index is 0.0834. The lowest BCUT2D eigenvalue weighted by molar-refractivity contribution is -0.152. The predicted octanol–water partition coefficient (Wildman–Crippen LogP) is 2.82. The van der Waals surface area contributed by atoms with Crippen molar-refractivity contribution in [3.63, 3.8) is 0 Å². The van der Waals surface area contributed by atoms with Crippen molar-refractivity contribution in [3.8, 4) is 5.75 Å². The Morgan fingerprint density at radius 2 is 1.96 bits per heavy atom. The lowest BCUT2D eigenvalue weighted by Crippen LogP contribution is -2.26. The monoisotopic (exact) mass is 352 g/mol. The molecule has 2 heterocycles. The number of nitrogens with zero attached hydrogens (tertiary/aromatic N) is 2. The van der Waals surface area contributed by atoms with Crippen LogP contribution in [0.5, 0.6) is 5.75 Å². The van der Waals surface area contributed by atoms with Gasteiger partial charge in [-0.25, -0.2) is 9.78 Å². The molecule has 26 heavy (non-hydrogen) atoms. The van der Waals surface area contributed by atoms with Crippen molar-refractivity contribution < 1.29 is 14.3 Å². The first-order chi connectivity index (χ1) is 12.4. The highest BCUT2D eigenvalue weighted by Gasteiger charge is 2.17. The SMILES string of the molecule is Cc1cccc(OC(C)C(=O)OCc2cc(=O)n3cc(C)ccc3n2)c1. The fraction of sp³-hybridized carbons (Fsp3) is 0.250. The molecular formula is C20H20N2O4. The van der Waals surface area contributed by atoms with Gasteiger partial charge in [0.1, 0.15) is 18.0 Å². The zero-order valence-corrected chi connectivity index (χ0v) is 14.9. The summed E-state index contributed by atoms with van der Waals surface area (Å²) >= 11 is 0. The molecule has 0 bridgehead atoms. The van der Waals surface area contributed by atoms with E-state index in [2.05, 4.69) is 4.98 Å². The Morgan fingerprint density at radius 1 is 1.15 bits per heavy atom. The molecule has 134 valence electrons. The van der Waals surface area contributed by atoms with E-state index in [9.17, 15) is 9.59 Å². The number of hydrogen-bond donors (Lipinski definition) is 0. The van der Waals surface area contributed by atoms with Crippen LogP contribution in [-0.2, 0) is 16.1 Å². The molecule has 0 aliphatic heterocycles. The fourth-order valence-electron chi connectivity index (χ4n) is 2.54. The summed E-state index contributed by atoms with van der Waals surface area (Å²) in [6, 6.07) is 12.4. The number of rotatable bonds is 5. The van der Waals surface area contributed by atoms with Gasteiger partial charge in [-0.2, -0.15) is 0 Å². The molecule has 1 atom stereocenters. The van der Waals surface area contributed by atoms with Crippen LogP contribution in [0, 0.1) is 13.8 Å². The van der Waals surface area contributed by atoms with Gasteiger partial charge < -0.3 is 9.47 Å². The van der Waals surface area contributed by atoms with Crippen molar-refractivity contribution in [2.75, 3.05) is 0 Å². The van der Waals surface area contributed by atoms with Crippen LogP contribution in [0.4, 0.5) is 0 Å². The Balaban J connectivity index is 1.66. The van der Waals surface area contributed by atoms with Gasteiger partial charge in [0, 0.05) is 12.3 Å². The van der Waals surface area contributed by atoms with Crippen molar-refractivity contribution in [2.24, 2.45) is 0 Å². The molecule has 0 aliphatic carbocycles. The molecule has 0 amide bonds. The van der Waals surface area contributed by atoms with Crippen LogP contribution in [-0.4, -0.2) is 21.5 Å². The number of fused-ring (bicyclic) bond motifs is 1. The maximum Gasteiger partial charge on any atom is 0.347 e. The Bertz CT molecular complexity index is 1010. The van der Waals surface area contributed by atoms with E-state index in [-0.39, 0.29) is 12.2 Å². The van der Waals surface area contributed by atoms with Crippen LogP contribution in [0.25, 0.3) is 5.65 Å². The van der Waals surface area contributed by atoms with Gasteiger partial charge in [-0.1, -0.05) is 18.2 Å². The van der Waals surface area contributed by atoms with Crippen molar-refractivity contribution in [1.82, 2.24) is 9.38 Å². The van der Waals surface area contributed by atoms with E-state index >= 15 is 0 Å². The number of benzene rings is 1. The van der Waals surface area contributed by atoms with Gasteiger partial charge in [0.15, 0.2) is 6.10 Å². The van der Waals surface area contributed by atoms with Gasteiger partial charge in [0.2, 0.25) is 0 Å². The molecule has 1 aromatic carbocycles. The number of pyridine rings is 1. The maximum atomic E-state index is 12.2. The quantitative estimate of drug-likeness (QED) is 0.661. The third kappa shape index (κ3) is 4.08. The molecule has 0 fully saturated rings. The standard InChI is InChI=1S/C20H20N2O4/c1-13-5-4-6-17(9-13)26-15(3)20(24)25-12-16-10-19(23)22-11-14(2)7-8-18(22)21-16/h4-11,15H,12H2,1-3H3. The molecule has 0 N–H and O–H groups in total. The molecule has 6 nitrogen and oxygen atoms in total. The topological polar surface area (TPSA) is 69.9 Å². The molecule has 0 spiro atoms. The summed E-state index contributed by atoms with van der Waals surface area (Å²) in [7, 11) is 0. The largest absolute Gasteiger partial charge is 0.479 e. The second-order valence-electron chi connectivity index (χ2n) is 6.20. The highest BCUT2D eigenvalue weighted by atomic mass is 16.6. The van der Waals surface area contributed by atoms with E-state index in [0.717, 1.165) is 11.1 Å². The Hall–Kier alpha value is -3.15. The summed E-state index contributed by atoms with van der Waals surface area (Å²) in [6.07, 6.45) is 0.957. The first kappa shape index (κ1) is 17.7. The Labute approximate surface area is 151 Å². The number of aryl methyl sites for hydroxylation is 2. The zero-order chi connectivity index (χ0) is 18.7. The first-order valence-electron chi connectivity index (χ1n) is 8.31. The number of hydrogen-bond acceptors (Lipinski definition) is 5. The molecule has 6 heteroatoms. The summed E-state index contributed by atoms with van der Waals surface area (Å²) in [5.41, 5.74) is 2.70. The van der Waals surface area contributed by atoms with Crippen LogP contribution in [0.2, 0.25) is 0 Å². The molecular weight excluding hydrogens is 332 g/mol. The first-order valence-corrected chi connectivity index (χ1v) is 8.31. The lowest BCUT2D eigenvalue weighted by Gasteiger charge is -2.14. The molecule has 1 unspecified atom stereocenters. The van der Waals surface area contributed by atoms with Gasteiger partial charge in [0.25, 0.3) is 5.56 Å². The second-order valence-corrected chi connectivity index (χ2v) is 6.20. The molecule has 3 aromatic rings. The van der Waals surface area contributed by atoms with Gasteiger partial charge in [-0.05, 0) is 50.1 Å². The maximum absolute atomic E-state index is 12.2. The third-order valence-corrected chi connectivity index (χ3v) is 3.86. The van der Waals surface area contributed by atoms with Crippen LogP contribution < -0.4 is 10.3 Å². The normalized spacial score (nSPS) is 12.0. The minimum atomic E-state index is -0.763. The van der Waals surface area contributed by atoms with Gasteiger partial charge in [0.05, 0.1) is 5.69 Å². The third-order valence-electron chi connectivity index (χ3n) is 3.86. The molecule has 2 aromatic heterocycles. The highest BCUT2D eigenvalue weighted by molar-refractivity contribution is 5.74. The van der Waals surface area contributed by atoms with E-state index < -0.39 is 12.1 Å². The van der Waals surface area contributed by atoms with Crippen molar-refractivity contribution in [3.05, 3.63) is 75.8 Å². The highest BCUT2D eigenvalue weighted by Crippen LogP contribution is 2.15. The number of esters is 1.